The molecule has 0 radical (unpaired) electrons. The van der Waals surface area contributed by atoms with Crippen molar-refractivity contribution in [3.05, 3.63) is 77.5 Å². The predicted octanol–water partition coefficient (Wildman–Crippen LogP) is 4.50. The quantitative estimate of drug-likeness (QED) is 0.430. The maximum Gasteiger partial charge on any atom is 0.259 e. The van der Waals surface area contributed by atoms with Gasteiger partial charge in [0.15, 0.2) is 6.30 Å². The normalized spacial score (nSPS) is 12.5. The minimum absolute atomic E-state index is 0.0483. The molecule has 158 valence electrons. The summed E-state index contributed by atoms with van der Waals surface area (Å²) in [7, 11) is 0. The lowest BCUT2D eigenvalue weighted by molar-refractivity contribution is 0.0783. The first-order valence-electron chi connectivity index (χ1n) is 9.44. The van der Waals surface area contributed by atoms with Crippen molar-refractivity contribution < 1.29 is 19.0 Å². The number of alkyl halides is 1. The molecular weight excluding hydrogens is 419 g/mol. The van der Waals surface area contributed by atoms with E-state index in [1.54, 1.807) is 50.2 Å². The Kier molecular flexibility index (Phi) is 5.62. The topological polar surface area (TPSA) is 97.2 Å². The van der Waals surface area contributed by atoms with Gasteiger partial charge in [-0.3, -0.25) is 4.79 Å². The average Bonchev–Trinajstić information content (AvgIpc) is 3.21. The first-order valence-corrected chi connectivity index (χ1v) is 10.2. The molecule has 0 saturated carbocycles. The molecule has 2 N–H and O–H groups in total. The number of nitrogens with one attached hydrogen (secondary N) is 1. The number of aliphatic hydroxyl groups is 1. The lowest BCUT2D eigenvalue weighted by Gasteiger charge is -2.19. The smallest absolute Gasteiger partial charge is 0.259 e. The van der Waals surface area contributed by atoms with Gasteiger partial charge in [0.2, 0.25) is 5.88 Å². The maximum absolute atomic E-state index is 14.7. The summed E-state index contributed by atoms with van der Waals surface area (Å²) in [5, 5.41) is 12.3. The van der Waals surface area contributed by atoms with Crippen molar-refractivity contribution in [2.45, 2.75) is 25.7 Å². The van der Waals surface area contributed by atoms with E-state index in [0.29, 0.717) is 16.8 Å². The summed E-state index contributed by atoms with van der Waals surface area (Å²) in [6, 6.07) is 14.5. The van der Waals surface area contributed by atoms with Crippen LogP contribution in [0.4, 0.5) is 4.39 Å². The fourth-order valence-electron chi connectivity index (χ4n) is 2.92. The highest BCUT2D eigenvalue weighted by molar-refractivity contribution is 7.00. The zero-order chi connectivity index (χ0) is 22.0. The molecular formula is C22H19FN4O3S. The van der Waals surface area contributed by atoms with Crippen LogP contribution in [0, 0.1) is 0 Å². The molecule has 0 fully saturated rings. The van der Waals surface area contributed by atoms with Gasteiger partial charge in [0.05, 0.1) is 17.3 Å². The molecule has 0 spiro atoms. The summed E-state index contributed by atoms with van der Waals surface area (Å²) in [5.74, 6) is -0.183. The summed E-state index contributed by atoms with van der Waals surface area (Å²) in [4.78, 5) is 16.8. The van der Waals surface area contributed by atoms with Crippen LogP contribution >= 0.6 is 11.7 Å². The van der Waals surface area contributed by atoms with E-state index in [1.165, 1.54) is 24.4 Å². The second kappa shape index (κ2) is 8.37. The van der Waals surface area contributed by atoms with Crippen LogP contribution in [-0.2, 0) is 5.60 Å². The highest BCUT2D eigenvalue weighted by Gasteiger charge is 2.21. The summed E-state index contributed by atoms with van der Waals surface area (Å²) < 4.78 is 28.8. The number of halogens is 1. The molecule has 1 unspecified atom stereocenters. The number of amides is 1. The number of nitrogens with zero attached hydrogens (tertiary/aromatic N) is 3. The zero-order valence-electron chi connectivity index (χ0n) is 16.7. The SMILES string of the molecule is CC(C)(O)c1ccc(C(F)NC(=O)c2cccnc2Oc2ccc3nsnc3c2)cc1. The minimum atomic E-state index is -1.74. The third kappa shape index (κ3) is 4.68. The van der Waals surface area contributed by atoms with Gasteiger partial charge in [-0.2, -0.15) is 8.75 Å². The van der Waals surface area contributed by atoms with Crippen molar-refractivity contribution in [2.24, 2.45) is 0 Å². The molecule has 1 amide bonds. The van der Waals surface area contributed by atoms with E-state index < -0.39 is 17.8 Å². The van der Waals surface area contributed by atoms with Gasteiger partial charge in [-0.05, 0) is 43.7 Å². The molecule has 0 saturated heterocycles. The van der Waals surface area contributed by atoms with Gasteiger partial charge in [0.1, 0.15) is 22.3 Å². The number of pyridine rings is 1. The lowest BCUT2D eigenvalue weighted by Crippen LogP contribution is -2.26. The van der Waals surface area contributed by atoms with Crippen LogP contribution in [0.3, 0.4) is 0 Å². The van der Waals surface area contributed by atoms with Gasteiger partial charge in [-0.25, -0.2) is 9.37 Å². The van der Waals surface area contributed by atoms with E-state index >= 15 is 0 Å². The standard InChI is InChI=1S/C22H19FN4O3S/c1-22(2,29)14-7-5-13(6-8-14)19(23)25-20(28)16-4-3-11-24-21(16)30-15-9-10-17-18(12-15)27-31-26-17/h3-12,19,29H,1-2H3,(H,25,28). The summed E-state index contributed by atoms with van der Waals surface area (Å²) in [5.41, 5.74) is 1.37. The van der Waals surface area contributed by atoms with Crippen LogP contribution in [0.1, 0.15) is 41.6 Å². The van der Waals surface area contributed by atoms with Crippen LogP contribution in [0.2, 0.25) is 0 Å². The maximum atomic E-state index is 14.7. The van der Waals surface area contributed by atoms with Gasteiger partial charge >= 0.3 is 0 Å². The van der Waals surface area contributed by atoms with E-state index in [0.717, 1.165) is 17.2 Å². The summed E-state index contributed by atoms with van der Waals surface area (Å²) in [6.07, 6.45) is -0.258. The minimum Gasteiger partial charge on any atom is -0.438 e. The van der Waals surface area contributed by atoms with Crippen molar-refractivity contribution in [1.29, 1.82) is 0 Å². The van der Waals surface area contributed by atoms with Gasteiger partial charge < -0.3 is 15.2 Å². The second-order valence-corrected chi connectivity index (χ2v) is 7.92. The second-order valence-electron chi connectivity index (χ2n) is 7.39. The van der Waals surface area contributed by atoms with E-state index in [1.807, 2.05) is 0 Å². The summed E-state index contributed by atoms with van der Waals surface area (Å²) in [6.45, 7) is 3.28. The fourth-order valence-corrected chi connectivity index (χ4v) is 3.44. The van der Waals surface area contributed by atoms with Crippen LogP contribution in [0.25, 0.3) is 11.0 Å². The van der Waals surface area contributed by atoms with Gasteiger partial charge in [0, 0.05) is 17.8 Å². The molecule has 2 heterocycles. The molecule has 4 aromatic rings. The molecule has 2 aromatic carbocycles. The number of carbonyl (C=O) groups is 1. The van der Waals surface area contributed by atoms with E-state index in [-0.39, 0.29) is 17.0 Å². The van der Waals surface area contributed by atoms with Gasteiger partial charge in [0.25, 0.3) is 5.91 Å². The van der Waals surface area contributed by atoms with Gasteiger partial charge in [-0.15, -0.1) is 0 Å². The highest BCUT2D eigenvalue weighted by atomic mass is 32.1. The monoisotopic (exact) mass is 438 g/mol. The molecule has 2 aromatic heterocycles. The number of fused-ring (bicyclic) bond motifs is 1. The largest absolute Gasteiger partial charge is 0.438 e. The van der Waals surface area contributed by atoms with E-state index in [4.69, 9.17) is 4.74 Å². The highest BCUT2D eigenvalue weighted by Crippen LogP contribution is 2.27. The Morgan fingerprint density at radius 3 is 2.61 bits per heavy atom. The molecule has 0 aliphatic rings. The Hall–Kier alpha value is -3.43. The van der Waals surface area contributed by atoms with Crippen LogP contribution in [-0.4, -0.2) is 24.7 Å². The zero-order valence-corrected chi connectivity index (χ0v) is 17.6. The predicted molar refractivity (Wildman–Crippen MR) is 115 cm³/mol. The third-order valence-electron chi connectivity index (χ3n) is 4.62. The van der Waals surface area contributed by atoms with Crippen molar-refractivity contribution in [3.63, 3.8) is 0 Å². The van der Waals surface area contributed by atoms with Crippen LogP contribution in [0.15, 0.2) is 60.8 Å². The molecule has 0 bridgehead atoms. The average molecular weight is 438 g/mol. The van der Waals surface area contributed by atoms with Gasteiger partial charge in [-0.1, -0.05) is 24.3 Å². The molecule has 0 aliphatic heterocycles. The molecule has 4 rings (SSSR count). The number of rotatable bonds is 6. The number of hydrogen-bond donors (Lipinski definition) is 2. The number of carbonyl (C=O) groups excluding carboxylic acids is 1. The fraction of sp³-hybridized carbons (Fsp3) is 0.182. The van der Waals surface area contributed by atoms with E-state index in [9.17, 15) is 14.3 Å². The first kappa shape index (κ1) is 20.8. The Morgan fingerprint density at radius 1 is 1.13 bits per heavy atom. The summed E-state index contributed by atoms with van der Waals surface area (Å²) >= 11 is 1.09. The number of benzene rings is 2. The first-order chi connectivity index (χ1) is 14.8. The van der Waals surface area contributed by atoms with Crippen molar-refractivity contribution in [1.82, 2.24) is 19.0 Å². The molecule has 9 heteroatoms. The van der Waals surface area contributed by atoms with Crippen LogP contribution < -0.4 is 10.1 Å². The van der Waals surface area contributed by atoms with Crippen molar-refractivity contribution in [3.8, 4) is 11.6 Å². The Balaban J connectivity index is 1.51. The van der Waals surface area contributed by atoms with Crippen LogP contribution in [0.5, 0.6) is 11.6 Å². The lowest BCUT2D eigenvalue weighted by atomic mass is 9.97. The number of hydrogen-bond acceptors (Lipinski definition) is 7. The molecule has 31 heavy (non-hydrogen) atoms. The number of aromatic nitrogens is 3. The van der Waals surface area contributed by atoms with Crippen molar-refractivity contribution in [2.75, 3.05) is 0 Å². The molecule has 0 aliphatic carbocycles. The van der Waals surface area contributed by atoms with E-state index in [2.05, 4.69) is 19.0 Å². The Morgan fingerprint density at radius 2 is 1.87 bits per heavy atom. The Bertz CT molecular complexity index is 1220. The molecule has 1 atom stereocenters. The molecule has 7 nitrogen and oxygen atoms in total. The van der Waals surface area contributed by atoms with Crippen molar-refractivity contribution >= 4 is 28.7 Å². The Labute approximate surface area is 181 Å². The number of ether oxygens (including phenoxy) is 1. The third-order valence-corrected chi connectivity index (χ3v) is 5.18.